The van der Waals surface area contributed by atoms with Gasteiger partial charge in [-0.25, -0.2) is 0 Å². The Morgan fingerprint density at radius 1 is 1.44 bits per heavy atom. The van der Waals surface area contributed by atoms with Crippen LogP contribution in [-0.2, 0) is 6.61 Å². The van der Waals surface area contributed by atoms with Crippen LogP contribution in [0.25, 0.3) is 0 Å². The summed E-state index contributed by atoms with van der Waals surface area (Å²) >= 11 is 0. The van der Waals surface area contributed by atoms with Crippen LogP contribution in [0.4, 0.5) is 0 Å². The van der Waals surface area contributed by atoms with Crippen LogP contribution < -0.4 is 11.5 Å². The molecule has 1 rings (SSSR count). The molecule has 6 heteroatoms. The number of benzene rings is 1. The number of hydrogen-bond acceptors (Lipinski definition) is 4. The van der Waals surface area contributed by atoms with Crippen LogP contribution in [-0.4, -0.2) is 22.4 Å². The number of aryl methyl sites for hydroxylation is 1. The molecule has 0 bridgehead atoms. The van der Waals surface area contributed by atoms with Gasteiger partial charge in [0.1, 0.15) is 5.75 Å². The molecule has 1 aromatic rings. The summed E-state index contributed by atoms with van der Waals surface area (Å²) in [5, 5.41) is 25.9. The van der Waals surface area contributed by atoms with Crippen molar-refractivity contribution in [1.29, 1.82) is 0 Å². The summed E-state index contributed by atoms with van der Waals surface area (Å²) in [6.45, 7) is 1.55. The lowest BCUT2D eigenvalue weighted by Crippen LogP contribution is -2.21. The van der Waals surface area contributed by atoms with E-state index in [0.717, 1.165) is 0 Å². The molecule has 6 nitrogen and oxygen atoms in total. The van der Waals surface area contributed by atoms with Crippen LogP contribution in [0, 0.1) is 6.92 Å². The molecular weight excluding hydrogens is 208 g/mol. The van der Waals surface area contributed by atoms with E-state index in [1.807, 2.05) is 0 Å². The highest BCUT2D eigenvalue weighted by molar-refractivity contribution is 5.87. The Kier molecular flexibility index (Phi) is 3.84. The molecule has 1 aromatic carbocycles. The Balaban J connectivity index is 3.15. The molecule has 0 saturated heterocycles. The Hall–Kier alpha value is -2.08. The van der Waals surface area contributed by atoms with Gasteiger partial charge >= 0.3 is 0 Å². The summed E-state index contributed by atoms with van der Waals surface area (Å²) in [5.74, 6) is -0.116. The summed E-state index contributed by atoms with van der Waals surface area (Å²) in [4.78, 5) is 0. The average Bonchev–Trinajstić information content (AvgIpc) is 2.24. The van der Waals surface area contributed by atoms with E-state index in [1.165, 1.54) is 6.21 Å². The molecule has 86 valence electrons. The zero-order valence-corrected chi connectivity index (χ0v) is 8.88. The number of phenols is 1. The SMILES string of the molecule is Cc1ccc(CO)c(/C=N/N=C(N)N)c1O. The van der Waals surface area contributed by atoms with E-state index in [4.69, 9.17) is 16.6 Å². The van der Waals surface area contributed by atoms with Gasteiger partial charge in [-0.05, 0) is 18.1 Å². The molecule has 16 heavy (non-hydrogen) atoms. The normalized spacial score (nSPS) is 10.6. The van der Waals surface area contributed by atoms with Crippen molar-refractivity contribution in [3.63, 3.8) is 0 Å². The second-order valence-corrected chi connectivity index (χ2v) is 3.23. The third-order valence-corrected chi connectivity index (χ3v) is 2.04. The lowest BCUT2D eigenvalue weighted by atomic mass is 10.0. The Labute approximate surface area is 92.9 Å². The predicted molar refractivity (Wildman–Crippen MR) is 62.2 cm³/mol. The molecule has 0 aliphatic rings. The molecule has 0 aliphatic heterocycles. The van der Waals surface area contributed by atoms with Crippen molar-refractivity contribution >= 4 is 12.2 Å². The van der Waals surface area contributed by atoms with E-state index >= 15 is 0 Å². The molecule has 0 aliphatic carbocycles. The van der Waals surface area contributed by atoms with E-state index in [9.17, 15) is 5.11 Å². The fourth-order valence-corrected chi connectivity index (χ4v) is 1.19. The molecule has 0 spiro atoms. The van der Waals surface area contributed by atoms with Crippen molar-refractivity contribution in [1.82, 2.24) is 0 Å². The van der Waals surface area contributed by atoms with Gasteiger partial charge in [0.2, 0.25) is 5.96 Å². The number of guanidine groups is 1. The molecule has 0 fully saturated rings. The largest absolute Gasteiger partial charge is 0.507 e. The third kappa shape index (κ3) is 2.71. The van der Waals surface area contributed by atoms with E-state index < -0.39 is 0 Å². The topological polar surface area (TPSA) is 117 Å². The van der Waals surface area contributed by atoms with Gasteiger partial charge in [0.05, 0.1) is 12.8 Å². The number of hydrogen-bond donors (Lipinski definition) is 4. The third-order valence-electron chi connectivity index (χ3n) is 2.04. The number of nitrogens with zero attached hydrogens (tertiary/aromatic N) is 2. The van der Waals surface area contributed by atoms with Gasteiger partial charge in [-0.3, -0.25) is 0 Å². The van der Waals surface area contributed by atoms with Crippen molar-refractivity contribution in [3.8, 4) is 5.75 Å². The van der Waals surface area contributed by atoms with Crippen LogP contribution in [0.3, 0.4) is 0 Å². The summed E-state index contributed by atoms with van der Waals surface area (Å²) in [7, 11) is 0. The van der Waals surface area contributed by atoms with Crippen LogP contribution in [0.2, 0.25) is 0 Å². The molecule has 0 atom stereocenters. The van der Waals surface area contributed by atoms with Crippen molar-refractivity contribution in [3.05, 3.63) is 28.8 Å². The zero-order chi connectivity index (χ0) is 12.1. The van der Waals surface area contributed by atoms with Crippen LogP contribution in [0.5, 0.6) is 5.75 Å². The lowest BCUT2D eigenvalue weighted by Gasteiger charge is -2.07. The second kappa shape index (κ2) is 5.13. The molecule has 6 N–H and O–H groups in total. The minimum atomic E-state index is -0.197. The Morgan fingerprint density at radius 2 is 2.12 bits per heavy atom. The molecule has 0 amide bonds. The number of aliphatic hydroxyl groups is 1. The van der Waals surface area contributed by atoms with Crippen molar-refractivity contribution in [2.45, 2.75) is 13.5 Å². The predicted octanol–water partition coefficient (Wildman–Crippen LogP) is -0.200. The Morgan fingerprint density at radius 3 is 2.69 bits per heavy atom. The number of aliphatic hydroxyl groups excluding tert-OH is 1. The molecule has 0 heterocycles. The van der Waals surface area contributed by atoms with Gasteiger partial charge in [0.15, 0.2) is 0 Å². The van der Waals surface area contributed by atoms with Crippen LogP contribution in [0.15, 0.2) is 22.3 Å². The molecular formula is C10H14N4O2. The quantitative estimate of drug-likeness (QED) is 0.322. The summed E-state index contributed by atoms with van der Waals surface area (Å²) in [6.07, 6.45) is 1.30. The number of nitrogens with two attached hydrogens (primary N) is 2. The number of phenolic OH excluding ortho intramolecular Hbond substituents is 1. The number of aromatic hydroxyl groups is 1. The van der Waals surface area contributed by atoms with E-state index in [1.54, 1.807) is 19.1 Å². The van der Waals surface area contributed by atoms with E-state index in [-0.39, 0.29) is 18.3 Å². The summed E-state index contributed by atoms with van der Waals surface area (Å²) in [5.41, 5.74) is 11.8. The zero-order valence-electron chi connectivity index (χ0n) is 8.88. The average molecular weight is 222 g/mol. The maximum Gasteiger partial charge on any atom is 0.211 e. The molecule has 0 unspecified atom stereocenters. The van der Waals surface area contributed by atoms with Crippen molar-refractivity contribution in [2.24, 2.45) is 21.7 Å². The van der Waals surface area contributed by atoms with Gasteiger partial charge in [0.25, 0.3) is 0 Å². The van der Waals surface area contributed by atoms with Gasteiger partial charge < -0.3 is 21.7 Å². The second-order valence-electron chi connectivity index (χ2n) is 3.23. The van der Waals surface area contributed by atoms with Crippen molar-refractivity contribution in [2.75, 3.05) is 0 Å². The molecule has 0 saturated carbocycles. The highest BCUT2D eigenvalue weighted by atomic mass is 16.3. The maximum absolute atomic E-state index is 9.76. The highest BCUT2D eigenvalue weighted by Gasteiger charge is 2.07. The Bertz CT molecular complexity index is 437. The first-order valence-corrected chi connectivity index (χ1v) is 4.60. The standard InChI is InChI=1S/C10H14N4O2/c1-6-2-3-7(5-15)8(9(6)16)4-13-14-10(11)12/h2-4,15-16H,5H2,1H3,(H4,11,12,14)/b13-4+. The summed E-state index contributed by atoms with van der Waals surface area (Å²) in [6, 6.07) is 3.41. The minimum absolute atomic E-state index is 0.0566. The van der Waals surface area contributed by atoms with E-state index in [0.29, 0.717) is 16.7 Å². The first-order chi connectivity index (χ1) is 7.56. The first kappa shape index (κ1) is 12.0. The van der Waals surface area contributed by atoms with Crippen LogP contribution in [0.1, 0.15) is 16.7 Å². The number of rotatable bonds is 3. The smallest absolute Gasteiger partial charge is 0.211 e. The van der Waals surface area contributed by atoms with E-state index in [2.05, 4.69) is 10.2 Å². The van der Waals surface area contributed by atoms with Gasteiger partial charge in [-0.1, -0.05) is 12.1 Å². The molecule has 0 aromatic heterocycles. The van der Waals surface area contributed by atoms with Crippen molar-refractivity contribution < 1.29 is 10.2 Å². The fraction of sp³-hybridized carbons (Fsp3) is 0.200. The molecule has 0 radical (unpaired) electrons. The minimum Gasteiger partial charge on any atom is -0.507 e. The monoisotopic (exact) mass is 222 g/mol. The van der Waals surface area contributed by atoms with Crippen LogP contribution >= 0.6 is 0 Å². The first-order valence-electron chi connectivity index (χ1n) is 4.60. The van der Waals surface area contributed by atoms with Gasteiger partial charge in [-0.2, -0.15) is 5.10 Å². The highest BCUT2D eigenvalue weighted by Crippen LogP contribution is 2.23. The summed E-state index contributed by atoms with van der Waals surface area (Å²) < 4.78 is 0. The van der Waals surface area contributed by atoms with Gasteiger partial charge in [-0.15, -0.1) is 5.10 Å². The fourth-order valence-electron chi connectivity index (χ4n) is 1.19. The maximum atomic E-state index is 9.76. The lowest BCUT2D eigenvalue weighted by molar-refractivity contribution is 0.281. The van der Waals surface area contributed by atoms with Gasteiger partial charge in [0, 0.05) is 5.56 Å².